The lowest BCUT2D eigenvalue weighted by molar-refractivity contribution is -0.117. The van der Waals surface area contributed by atoms with Crippen LogP contribution in [0.5, 0.6) is 0 Å². The number of amides is 1. The van der Waals surface area contributed by atoms with Gasteiger partial charge in [0.1, 0.15) is 6.04 Å². The molecule has 1 saturated heterocycles. The molecule has 5 heteroatoms. The van der Waals surface area contributed by atoms with Gasteiger partial charge < -0.3 is 15.5 Å². The van der Waals surface area contributed by atoms with Crippen molar-refractivity contribution in [2.45, 2.75) is 25.8 Å². The van der Waals surface area contributed by atoms with Crippen LogP contribution in [0, 0.1) is 0 Å². The Kier molecular flexibility index (Phi) is 4.70. The van der Waals surface area contributed by atoms with Crippen LogP contribution in [0.3, 0.4) is 0 Å². The van der Waals surface area contributed by atoms with Gasteiger partial charge in [-0.3, -0.25) is 4.79 Å². The topological polar surface area (TPSA) is 44.4 Å². The van der Waals surface area contributed by atoms with Crippen molar-refractivity contribution < 1.29 is 4.79 Å². The summed E-state index contributed by atoms with van der Waals surface area (Å²) in [5.41, 5.74) is 3.29. The lowest BCUT2D eigenvalue weighted by Gasteiger charge is -2.23. The number of hydrogen-bond acceptors (Lipinski definition) is 4. The molecule has 1 atom stereocenters. The molecule has 1 aromatic rings. The Morgan fingerprint density at radius 1 is 1.38 bits per heavy atom. The van der Waals surface area contributed by atoms with E-state index in [-0.39, 0.29) is 11.9 Å². The molecule has 0 spiro atoms. The van der Waals surface area contributed by atoms with E-state index in [0.717, 1.165) is 37.3 Å². The number of fused-ring (bicyclic) bond motifs is 1. The van der Waals surface area contributed by atoms with Crippen molar-refractivity contribution in [3.8, 4) is 0 Å². The molecule has 0 bridgehead atoms. The molecule has 1 unspecified atom stereocenters. The van der Waals surface area contributed by atoms with Crippen LogP contribution in [-0.4, -0.2) is 37.0 Å². The molecule has 114 valence electrons. The summed E-state index contributed by atoms with van der Waals surface area (Å²) in [4.78, 5) is 14.5. The number of carbonyl (C=O) groups excluding carboxylic acids is 1. The predicted molar refractivity (Wildman–Crippen MR) is 90.3 cm³/mol. The average Bonchev–Trinajstić information content (AvgIpc) is 2.69. The van der Waals surface area contributed by atoms with Crippen LogP contribution in [0.1, 0.15) is 31.4 Å². The van der Waals surface area contributed by atoms with Gasteiger partial charge in [-0.25, -0.2) is 0 Å². The second-order valence-corrected chi connectivity index (χ2v) is 6.83. The van der Waals surface area contributed by atoms with Crippen molar-refractivity contribution in [2.75, 3.05) is 41.4 Å². The zero-order valence-corrected chi connectivity index (χ0v) is 13.3. The molecule has 0 radical (unpaired) electrons. The molecule has 21 heavy (non-hydrogen) atoms. The first-order chi connectivity index (χ1) is 10.3. The smallest absolute Gasteiger partial charge is 0.246 e. The van der Waals surface area contributed by atoms with E-state index in [1.54, 1.807) is 0 Å². The number of nitrogens with zero attached hydrogens (tertiary/aromatic N) is 1. The summed E-state index contributed by atoms with van der Waals surface area (Å²) in [6, 6.07) is 6.22. The van der Waals surface area contributed by atoms with Crippen LogP contribution >= 0.6 is 11.8 Å². The van der Waals surface area contributed by atoms with Crippen LogP contribution in [0.15, 0.2) is 18.2 Å². The zero-order chi connectivity index (χ0) is 14.7. The summed E-state index contributed by atoms with van der Waals surface area (Å²) >= 11 is 2.03. The maximum atomic E-state index is 12.1. The minimum atomic E-state index is -0.186. The van der Waals surface area contributed by atoms with Crippen LogP contribution in [0.25, 0.3) is 0 Å². The molecule has 0 aliphatic carbocycles. The van der Waals surface area contributed by atoms with E-state index in [4.69, 9.17) is 0 Å². The van der Waals surface area contributed by atoms with Crippen molar-refractivity contribution in [2.24, 2.45) is 0 Å². The highest BCUT2D eigenvalue weighted by molar-refractivity contribution is 7.99. The van der Waals surface area contributed by atoms with Gasteiger partial charge in [0, 0.05) is 35.8 Å². The highest BCUT2D eigenvalue weighted by Crippen LogP contribution is 2.34. The monoisotopic (exact) mass is 305 g/mol. The Morgan fingerprint density at radius 2 is 2.29 bits per heavy atom. The Morgan fingerprint density at radius 3 is 3.14 bits per heavy atom. The average molecular weight is 305 g/mol. The van der Waals surface area contributed by atoms with Crippen molar-refractivity contribution in [1.82, 2.24) is 5.32 Å². The molecular weight excluding hydrogens is 282 g/mol. The Hall–Kier alpha value is -1.20. The molecule has 0 aromatic heterocycles. The molecular formula is C16H23N3OS. The molecule has 2 aliphatic heterocycles. The molecule has 2 N–H and O–H groups in total. The van der Waals surface area contributed by atoms with Gasteiger partial charge in [-0.2, -0.15) is 11.8 Å². The maximum absolute atomic E-state index is 12.1. The second kappa shape index (κ2) is 6.71. The standard InChI is InChI=1S/C16H23N3OS/c1-2-6-17-15-13-5-4-12(11-14(13)18-16(15)20)19-7-3-9-21-10-8-19/h4-5,11,15,17H,2-3,6-10H2,1H3,(H,18,20). The SMILES string of the molecule is CCCNC1C(=O)Nc2cc(N3CCCSCC3)ccc21. The lowest BCUT2D eigenvalue weighted by Crippen LogP contribution is -2.28. The first kappa shape index (κ1) is 14.7. The predicted octanol–water partition coefficient (Wildman–Crippen LogP) is 2.62. The Balaban J connectivity index is 1.79. The van der Waals surface area contributed by atoms with Crippen molar-refractivity contribution in [3.63, 3.8) is 0 Å². The van der Waals surface area contributed by atoms with Crippen LogP contribution in [0.4, 0.5) is 11.4 Å². The van der Waals surface area contributed by atoms with Gasteiger partial charge in [-0.1, -0.05) is 13.0 Å². The van der Waals surface area contributed by atoms with E-state index >= 15 is 0 Å². The molecule has 1 aromatic carbocycles. The summed E-state index contributed by atoms with van der Waals surface area (Å²) in [6.07, 6.45) is 2.26. The van der Waals surface area contributed by atoms with Gasteiger partial charge >= 0.3 is 0 Å². The van der Waals surface area contributed by atoms with Gasteiger partial charge in [0.2, 0.25) is 5.91 Å². The van der Waals surface area contributed by atoms with Crippen LogP contribution < -0.4 is 15.5 Å². The van der Waals surface area contributed by atoms with Crippen molar-refractivity contribution in [3.05, 3.63) is 23.8 Å². The van der Waals surface area contributed by atoms with E-state index in [9.17, 15) is 4.79 Å². The minimum absolute atomic E-state index is 0.0713. The van der Waals surface area contributed by atoms with Crippen LogP contribution in [-0.2, 0) is 4.79 Å². The number of carbonyl (C=O) groups is 1. The molecule has 2 heterocycles. The van der Waals surface area contributed by atoms with E-state index in [2.05, 4.69) is 40.7 Å². The first-order valence-corrected chi connectivity index (χ1v) is 8.96. The molecule has 1 fully saturated rings. The minimum Gasteiger partial charge on any atom is -0.371 e. The fourth-order valence-electron chi connectivity index (χ4n) is 2.94. The van der Waals surface area contributed by atoms with Crippen molar-refractivity contribution >= 4 is 29.0 Å². The number of thioether (sulfide) groups is 1. The van der Waals surface area contributed by atoms with E-state index in [1.807, 2.05) is 11.8 Å². The van der Waals surface area contributed by atoms with Gasteiger partial charge in [-0.05, 0) is 37.3 Å². The summed E-state index contributed by atoms with van der Waals surface area (Å²) < 4.78 is 0. The summed E-state index contributed by atoms with van der Waals surface area (Å²) in [6.45, 7) is 5.18. The Labute approximate surface area is 130 Å². The molecule has 1 amide bonds. The maximum Gasteiger partial charge on any atom is 0.246 e. The zero-order valence-electron chi connectivity index (χ0n) is 12.5. The summed E-state index contributed by atoms with van der Waals surface area (Å²) in [7, 11) is 0. The second-order valence-electron chi connectivity index (χ2n) is 5.60. The largest absolute Gasteiger partial charge is 0.371 e. The van der Waals surface area contributed by atoms with E-state index in [0.29, 0.717) is 0 Å². The highest BCUT2D eigenvalue weighted by atomic mass is 32.2. The fourth-order valence-corrected chi connectivity index (χ4v) is 3.83. The van der Waals surface area contributed by atoms with E-state index < -0.39 is 0 Å². The Bertz CT molecular complexity index is 512. The summed E-state index contributed by atoms with van der Waals surface area (Å²) in [5, 5.41) is 6.34. The number of benzene rings is 1. The third-order valence-electron chi connectivity index (χ3n) is 4.05. The molecule has 0 saturated carbocycles. The number of hydrogen-bond donors (Lipinski definition) is 2. The normalized spacial score (nSPS) is 21.9. The molecule has 2 aliphatic rings. The summed E-state index contributed by atoms with van der Waals surface area (Å²) in [5.74, 6) is 2.51. The lowest BCUT2D eigenvalue weighted by atomic mass is 10.1. The first-order valence-electron chi connectivity index (χ1n) is 7.80. The third kappa shape index (κ3) is 3.19. The molecule has 4 nitrogen and oxygen atoms in total. The highest BCUT2D eigenvalue weighted by Gasteiger charge is 2.30. The number of nitrogens with one attached hydrogen (secondary N) is 2. The molecule has 3 rings (SSSR count). The van der Waals surface area contributed by atoms with Gasteiger partial charge in [0.15, 0.2) is 0 Å². The third-order valence-corrected chi connectivity index (χ3v) is 5.10. The van der Waals surface area contributed by atoms with Crippen molar-refractivity contribution in [1.29, 1.82) is 0 Å². The van der Waals surface area contributed by atoms with Gasteiger partial charge in [-0.15, -0.1) is 0 Å². The number of rotatable bonds is 4. The van der Waals surface area contributed by atoms with Gasteiger partial charge in [0.25, 0.3) is 0 Å². The quantitative estimate of drug-likeness (QED) is 0.897. The van der Waals surface area contributed by atoms with E-state index in [1.165, 1.54) is 23.6 Å². The van der Waals surface area contributed by atoms with Gasteiger partial charge in [0.05, 0.1) is 0 Å². The fraction of sp³-hybridized carbons (Fsp3) is 0.562. The number of anilines is 2. The van der Waals surface area contributed by atoms with Crippen LogP contribution in [0.2, 0.25) is 0 Å².